The summed E-state index contributed by atoms with van der Waals surface area (Å²) in [6.07, 6.45) is 1.59. The molecular formula is C8H16N4O. The molecule has 1 amide bonds. The van der Waals surface area contributed by atoms with Crippen molar-refractivity contribution in [2.24, 2.45) is 7.05 Å². The highest BCUT2D eigenvalue weighted by Crippen LogP contribution is 2.01. The number of aryl methyl sites for hydroxylation is 1. The zero-order valence-corrected chi connectivity index (χ0v) is 8.46. The van der Waals surface area contributed by atoms with Gasteiger partial charge in [0.25, 0.3) is 5.91 Å². The van der Waals surface area contributed by atoms with Gasteiger partial charge in [-0.25, -0.2) is 4.98 Å². The van der Waals surface area contributed by atoms with Crippen molar-refractivity contribution < 1.29 is 4.79 Å². The van der Waals surface area contributed by atoms with Crippen LogP contribution in [0.15, 0.2) is 6.20 Å². The summed E-state index contributed by atoms with van der Waals surface area (Å²) in [5.41, 5.74) is 5.36. The molecule has 0 atom stereocenters. The van der Waals surface area contributed by atoms with Gasteiger partial charge in [-0.3, -0.25) is 4.79 Å². The summed E-state index contributed by atoms with van der Waals surface area (Å²) in [6, 6.07) is 0. The normalized spacial score (nSPS) is 8.62. The minimum atomic E-state index is -0.232. The summed E-state index contributed by atoms with van der Waals surface area (Å²) in [5, 5.41) is 2.46. The van der Waals surface area contributed by atoms with Gasteiger partial charge in [0.15, 0.2) is 0 Å². The molecule has 3 N–H and O–H groups in total. The van der Waals surface area contributed by atoms with E-state index in [9.17, 15) is 4.79 Å². The molecule has 1 heterocycles. The van der Waals surface area contributed by atoms with Crippen molar-refractivity contribution in [2.75, 3.05) is 12.8 Å². The lowest BCUT2D eigenvalue weighted by molar-refractivity contribution is 0.0950. The third-order valence-electron chi connectivity index (χ3n) is 1.33. The van der Waals surface area contributed by atoms with E-state index in [-0.39, 0.29) is 5.91 Å². The molecule has 0 bridgehead atoms. The van der Waals surface area contributed by atoms with Crippen LogP contribution in [0.5, 0.6) is 0 Å². The van der Waals surface area contributed by atoms with Crippen molar-refractivity contribution in [3.63, 3.8) is 0 Å². The highest BCUT2D eigenvalue weighted by atomic mass is 16.2. The second kappa shape index (κ2) is 5.18. The molecule has 0 aliphatic heterocycles. The molecular weight excluding hydrogens is 168 g/mol. The molecule has 0 aliphatic carbocycles. The molecule has 1 aromatic rings. The fraction of sp³-hybridized carbons (Fsp3) is 0.500. The minimum absolute atomic E-state index is 0.232. The number of nitrogens with one attached hydrogen (secondary N) is 1. The number of rotatable bonds is 1. The molecule has 1 aromatic heterocycles. The molecule has 5 heteroatoms. The van der Waals surface area contributed by atoms with Gasteiger partial charge in [0, 0.05) is 20.3 Å². The Morgan fingerprint density at radius 2 is 2.15 bits per heavy atom. The van der Waals surface area contributed by atoms with E-state index in [0.29, 0.717) is 11.6 Å². The number of nitrogens with two attached hydrogens (primary N) is 1. The smallest absolute Gasteiger partial charge is 0.287 e. The Balaban J connectivity index is 0.000000671. The lowest BCUT2D eigenvalue weighted by Crippen LogP contribution is -2.21. The molecule has 74 valence electrons. The van der Waals surface area contributed by atoms with Crippen molar-refractivity contribution in [3.05, 3.63) is 12.0 Å². The zero-order valence-electron chi connectivity index (χ0n) is 8.46. The summed E-state index contributed by atoms with van der Waals surface area (Å²) in [5.74, 6) is 0.445. The molecule has 0 aromatic carbocycles. The van der Waals surface area contributed by atoms with Gasteiger partial charge in [0.1, 0.15) is 5.82 Å². The Kier molecular flexibility index (Phi) is 4.58. The first-order chi connectivity index (χ1) is 6.15. The van der Waals surface area contributed by atoms with Crippen LogP contribution in [0.2, 0.25) is 0 Å². The van der Waals surface area contributed by atoms with E-state index in [1.54, 1.807) is 24.9 Å². The summed E-state index contributed by atoms with van der Waals surface area (Å²) in [4.78, 5) is 14.8. The molecule has 0 unspecified atom stereocenters. The fourth-order valence-corrected chi connectivity index (χ4v) is 0.812. The number of nitrogen functional groups attached to an aromatic ring is 1. The van der Waals surface area contributed by atoms with Crippen LogP contribution < -0.4 is 11.1 Å². The molecule has 0 fully saturated rings. The number of anilines is 1. The van der Waals surface area contributed by atoms with E-state index in [4.69, 9.17) is 5.73 Å². The SMILES string of the molecule is CC.CNC(=O)c1nc(N)cn1C. The lowest BCUT2D eigenvalue weighted by Gasteiger charge is -1.96. The highest BCUT2D eigenvalue weighted by molar-refractivity contribution is 5.90. The fourth-order valence-electron chi connectivity index (χ4n) is 0.812. The Morgan fingerprint density at radius 3 is 2.46 bits per heavy atom. The minimum Gasteiger partial charge on any atom is -0.382 e. The van der Waals surface area contributed by atoms with Crippen LogP contribution in [-0.2, 0) is 7.05 Å². The number of aromatic nitrogens is 2. The van der Waals surface area contributed by atoms with Crippen molar-refractivity contribution in [1.29, 1.82) is 0 Å². The Morgan fingerprint density at radius 1 is 1.62 bits per heavy atom. The average Bonchev–Trinajstić information content (AvgIpc) is 2.47. The van der Waals surface area contributed by atoms with E-state index < -0.39 is 0 Å². The first-order valence-electron chi connectivity index (χ1n) is 4.16. The predicted octanol–water partition coefficient (Wildman–Crippen LogP) is 0.388. The van der Waals surface area contributed by atoms with Gasteiger partial charge in [-0.05, 0) is 0 Å². The highest BCUT2D eigenvalue weighted by Gasteiger charge is 2.09. The maximum absolute atomic E-state index is 11.0. The number of imidazole rings is 1. The van der Waals surface area contributed by atoms with Gasteiger partial charge in [0.2, 0.25) is 5.82 Å². The van der Waals surface area contributed by atoms with Gasteiger partial charge in [-0.1, -0.05) is 13.8 Å². The average molecular weight is 184 g/mol. The number of amides is 1. The molecule has 13 heavy (non-hydrogen) atoms. The van der Waals surface area contributed by atoms with Crippen molar-refractivity contribution in [3.8, 4) is 0 Å². The van der Waals surface area contributed by atoms with Gasteiger partial charge in [0.05, 0.1) is 0 Å². The number of carbonyl (C=O) groups is 1. The van der Waals surface area contributed by atoms with Gasteiger partial charge >= 0.3 is 0 Å². The van der Waals surface area contributed by atoms with Crippen LogP contribution in [0.1, 0.15) is 24.5 Å². The van der Waals surface area contributed by atoms with E-state index in [0.717, 1.165) is 0 Å². The molecule has 0 saturated heterocycles. The first-order valence-corrected chi connectivity index (χ1v) is 4.16. The largest absolute Gasteiger partial charge is 0.382 e. The predicted molar refractivity (Wildman–Crippen MR) is 52.4 cm³/mol. The summed E-state index contributed by atoms with van der Waals surface area (Å²) in [6.45, 7) is 4.00. The van der Waals surface area contributed by atoms with E-state index in [1.807, 2.05) is 13.8 Å². The lowest BCUT2D eigenvalue weighted by atomic mass is 10.5. The van der Waals surface area contributed by atoms with Crippen LogP contribution in [0.25, 0.3) is 0 Å². The molecule has 0 radical (unpaired) electrons. The van der Waals surface area contributed by atoms with Crippen molar-refractivity contribution in [2.45, 2.75) is 13.8 Å². The third kappa shape index (κ3) is 2.77. The monoisotopic (exact) mass is 184 g/mol. The van der Waals surface area contributed by atoms with Crippen LogP contribution in [0.3, 0.4) is 0 Å². The quantitative estimate of drug-likeness (QED) is 0.663. The second-order valence-electron chi connectivity index (χ2n) is 2.18. The van der Waals surface area contributed by atoms with Gasteiger partial charge in [-0.2, -0.15) is 0 Å². The Labute approximate surface area is 78.0 Å². The molecule has 1 rings (SSSR count). The van der Waals surface area contributed by atoms with E-state index in [1.165, 1.54) is 0 Å². The zero-order chi connectivity index (χ0) is 10.4. The topological polar surface area (TPSA) is 72.9 Å². The third-order valence-corrected chi connectivity index (χ3v) is 1.33. The second-order valence-corrected chi connectivity index (χ2v) is 2.18. The van der Waals surface area contributed by atoms with Crippen LogP contribution in [0.4, 0.5) is 5.82 Å². The standard InChI is InChI=1S/C6H10N4O.C2H6/c1-8-6(11)5-9-4(7)3-10(5)2;1-2/h3H,7H2,1-2H3,(H,8,11);1-2H3. The molecule has 0 spiro atoms. The number of hydrogen-bond donors (Lipinski definition) is 2. The van der Waals surface area contributed by atoms with Crippen molar-refractivity contribution >= 4 is 11.7 Å². The van der Waals surface area contributed by atoms with Crippen LogP contribution in [-0.4, -0.2) is 22.5 Å². The Hall–Kier alpha value is -1.52. The maximum Gasteiger partial charge on any atom is 0.287 e. The first kappa shape index (κ1) is 11.5. The number of nitrogens with zero attached hydrogens (tertiary/aromatic N) is 2. The summed E-state index contributed by atoms with van der Waals surface area (Å²) >= 11 is 0. The number of carbonyl (C=O) groups excluding carboxylic acids is 1. The van der Waals surface area contributed by atoms with Crippen LogP contribution >= 0.6 is 0 Å². The van der Waals surface area contributed by atoms with E-state index >= 15 is 0 Å². The Bertz CT molecular complexity index is 280. The molecule has 0 aliphatic rings. The van der Waals surface area contributed by atoms with Crippen molar-refractivity contribution in [1.82, 2.24) is 14.9 Å². The van der Waals surface area contributed by atoms with Gasteiger partial charge < -0.3 is 15.6 Å². The van der Waals surface area contributed by atoms with Gasteiger partial charge in [-0.15, -0.1) is 0 Å². The summed E-state index contributed by atoms with van der Waals surface area (Å²) in [7, 11) is 3.27. The molecule has 0 saturated carbocycles. The van der Waals surface area contributed by atoms with Crippen LogP contribution in [0, 0.1) is 0 Å². The molecule has 5 nitrogen and oxygen atoms in total. The van der Waals surface area contributed by atoms with E-state index in [2.05, 4.69) is 10.3 Å². The number of hydrogen-bond acceptors (Lipinski definition) is 3. The maximum atomic E-state index is 11.0. The summed E-state index contributed by atoms with van der Waals surface area (Å²) < 4.78 is 1.58.